The minimum atomic E-state index is 0.0648. The topological polar surface area (TPSA) is 41.5 Å². The van der Waals surface area contributed by atoms with Crippen molar-refractivity contribution < 1.29 is 4.74 Å². The Labute approximate surface area is 132 Å². The number of hydrogen-bond donors (Lipinski definition) is 0. The van der Waals surface area contributed by atoms with Gasteiger partial charge >= 0.3 is 0 Å². The molecule has 2 saturated heterocycles. The van der Waals surface area contributed by atoms with Crippen molar-refractivity contribution in [3.8, 4) is 0 Å². The van der Waals surface area contributed by atoms with Crippen LogP contribution in [0.15, 0.2) is 0 Å². The Balaban J connectivity index is 1.49. The highest BCUT2D eigenvalue weighted by atomic mass is 16.5. The van der Waals surface area contributed by atoms with E-state index in [9.17, 15) is 0 Å². The summed E-state index contributed by atoms with van der Waals surface area (Å²) in [7, 11) is 2.20. The molecule has 120 valence electrons. The maximum Gasteiger partial charge on any atom is 0.225 e. The third-order valence-electron chi connectivity index (χ3n) is 5.52. The Kier molecular flexibility index (Phi) is 3.57. The number of piperidine rings is 1. The fourth-order valence-corrected chi connectivity index (χ4v) is 4.20. The number of aromatic nitrogens is 2. The molecule has 3 heterocycles. The normalized spacial score (nSPS) is 24.7. The van der Waals surface area contributed by atoms with Crippen LogP contribution in [0.25, 0.3) is 0 Å². The van der Waals surface area contributed by atoms with Crippen molar-refractivity contribution in [1.29, 1.82) is 0 Å². The summed E-state index contributed by atoms with van der Waals surface area (Å²) in [5.74, 6) is 0.942. The third-order valence-corrected chi connectivity index (χ3v) is 5.52. The van der Waals surface area contributed by atoms with Crippen molar-refractivity contribution in [3.05, 3.63) is 17.0 Å². The van der Waals surface area contributed by atoms with E-state index < -0.39 is 0 Å². The second kappa shape index (κ2) is 5.46. The van der Waals surface area contributed by atoms with Crippen LogP contribution in [-0.2, 0) is 17.6 Å². The number of ether oxygens (including phenoxy) is 1. The molecule has 0 saturated carbocycles. The summed E-state index contributed by atoms with van der Waals surface area (Å²) in [6, 6.07) is 0. The lowest BCUT2D eigenvalue weighted by Crippen LogP contribution is -2.56. The van der Waals surface area contributed by atoms with Crippen molar-refractivity contribution in [1.82, 2.24) is 14.9 Å². The average Bonchev–Trinajstić information content (AvgIpc) is 2.97. The van der Waals surface area contributed by atoms with Gasteiger partial charge in [-0.15, -0.1) is 0 Å². The van der Waals surface area contributed by atoms with E-state index in [0.717, 1.165) is 64.4 Å². The molecule has 1 aliphatic carbocycles. The Bertz CT molecular complexity index is 566. The molecule has 3 aliphatic rings. The summed E-state index contributed by atoms with van der Waals surface area (Å²) in [5, 5.41) is 0. The first kappa shape index (κ1) is 14.4. The number of hydrogen-bond acceptors (Lipinski definition) is 5. The van der Waals surface area contributed by atoms with E-state index >= 15 is 0 Å². The van der Waals surface area contributed by atoms with Gasteiger partial charge in [0.05, 0.1) is 12.2 Å². The van der Waals surface area contributed by atoms with Crippen molar-refractivity contribution in [2.75, 3.05) is 44.7 Å². The maximum atomic E-state index is 6.15. The van der Waals surface area contributed by atoms with Crippen LogP contribution >= 0.6 is 0 Å². The molecule has 1 aromatic heterocycles. The average molecular weight is 302 g/mol. The highest BCUT2D eigenvalue weighted by molar-refractivity contribution is 5.39. The number of fused-ring (bicyclic) bond motifs is 1. The second-order valence-electron chi connectivity index (χ2n) is 7.14. The van der Waals surface area contributed by atoms with Crippen LogP contribution < -0.4 is 4.90 Å². The SMILES string of the molecule is Cc1nc(N2CCC3(CC2)CN(C)CCO3)nc2c1CCC2. The van der Waals surface area contributed by atoms with E-state index in [0.29, 0.717) is 0 Å². The highest BCUT2D eigenvalue weighted by Crippen LogP contribution is 2.32. The van der Waals surface area contributed by atoms with E-state index in [1.807, 2.05) is 0 Å². The van der Waals surface area contributed by atoms with Gasteiger partial charge in [0.15, 0.2) is 0 Å². The zero-order valence-electron chi connectivity index (χ0n) is 13.8. The van der Waals surface area contributed by atoms with Crippen molar-refractivity contribution in [2.24, 2.45) is 0 Å². The van der Waals surface area contributed by atoms with Crippen LogP contribution in [0, 0.1) is 6.92 Å². The quantitative estimate of drug-likeness (QED) is 0.788. The van der Waals surface area contributed by atoms with E-state index in [1.165, 1.54) is 23.4 Å². The zero-order valence-corrected chi connectivity index (χ0v) is 13.8. The standard InChI is InChI=1S/C17H26N4O/c1-13-14-4-3-5-15(14)19-16(18-13)21-8-6-17(7-9-21)12-20(2)10-11-22-17/h3-12H2,1-2H3. The molecule has 1 spiro atoms. The molecule has 0 atom stereocenters. The number of nitrogens with zero attached hydrogens (tertiary/aromatic N) is 4. The predicted molar refractivity (Wildman–Crippen MR) is 86.4 cm³/mol. The van der Waals surface area contributed by atoms with Crippen molar-refractivity contribution in [3.63, 3.8) is 0 Å². The van der Waals surface area contributed by atoms with Crippen LogP contribution in [-0.4, -0.2) is 60.3 Å². The number of rotatable bonds is 1. The molecular formula is C17H26N4O. The molecule has 2 fully saturated rings. The first-order valence-electron chi connectivity index (χ1n) is 8.59. The molecule has 0 N–H and O–H groups in total. The number of morpholine rings is 1. The molecular weight excluding hydrogens is 276 g/mol. The predicted octanol–water partition coefficient (Wildman–Crippen LogP) is 1.57. The van der Waals surface area contributed by atoms with E-state index in [1.54, 1.807) is 0 Å². The minimum Gasteiger partial charge on any atom is -0.372 e. The smallest absolute Gasteiger partial charge is 0.225 e. The molecule has 5 heteroatoms. The van der Waals surface area contributed by atoms with Gasteiger partial charge in [0.1, 0.15) is 0 Å². The largest absolute Gasteiger partial charge is 0.372 e. The van der Waals surface area contributed by atoms with Crippen LogP contribution in [0.4, 0.5) is 5.95 Å². The number of anilines is 1. The summed E-state index contributed by atoms with van der Waals surface area (Å²) in [6.45, 7) is 7.13. The monoisotopic (exact) mass is 302 g/mol. The fourth-order valence-electron chi connectivity index (χ4n) is 4.20. The first-order valence-corrected chi connectivity index (χ1v) is 8.59. The Morgan fingerprint density at radius 2 is 1.91 bits per heavy atom. The van der Waals surface area contributed by atoms with Gasteiger partial charge in [-0.1, -0.05) is 0 Å². The Morgan fingerprint density at radius 1 is 1.09 bits per heavy atom. The van der Waals surface area contributed by atoms with E-state index in [2.05, 4.69) is 23.8 Å². The molecule has 0 unspecified atom stereocenters. The van der Waals surface area contributed by atoms with Gasteiger partial charge in [-0.2, -0.15) is 0 Å². The minimum absolute atomic E-state index is 0.0648. The third kappa shape index (κ3) is 2.50. The molecule has 1 aromatic rings. The lowest BCUT2D eigenvalue weighted by Gasteiger charge is -2.46. The molecule has 4 rings (SSSR count). The van der Waals surface area contributed by atoms with Gasteiger partial charge in [-0.05, 0) is 51.6 Å². The molecule has 0 amide bonds. The first-order chi connectivity index (χ1) is 10.7. The molecule has 2 aliphatic heterocycles. The molecule has 0 aromatic carbocycles. The highest BCUT2D eigenvalue weighted by Gasteiger charge is 2.39. The summed E-state index contributed by atoms with van der Waals surface area (Å²) in [4.78, 5) is 14.4. The van der Waals surface area contributed by atoms with Crippen LogP contribution in [0.1, 0.15) is 36.2 Å². The number of aryl methyl sites for hydroxylation is 2. The van der Waals surface area contributed by atoms with Gasteiger partial charge in [0.2, 0.25) is 5.95 Å². The summed E-state index contributed by atoms with van der Waals surface area (Å²) in [6.07, 6.45) is 5.67. The zero-order chi connectivity index (χ0) is 15.2. The van der Waals surface area contributed by atoms with Crippen LogP contribution in [0.3, 0.4) is 0 Å². The van der Waals surface area contributed by atoms with Crippen LogP contribution in [0.2, 0.25) is 0 Å². The van der Waals surface area contributed by atoms with Gasteiger partial charge in [-0.25, -0.2) is 9.97 Å². The summed E-state index contributed by atoms with van der Waals surface area (Å²) in [5.41, 5.74) is 3.94. The summed E-state index contributed by atoms with van der Waals surface area (Å²) >= 11 is 0. The van der Waals surface area contributed by atoms with E-state index in [-0.39, 0.29) is 5.60 Å². The van der Waals surface area contributed by atoms with Gasteiger partial charge in [0, 0.05) is 37.6 Å². The summed E-state index contributed by atoms with van der Waals surface area (Å²) < 4.78 is 6.15. The lowest BCUT2D eigenvalue weighted by molar-refractivity contribution is -0.115. The van der Waals surface area contributed by atoms with Gasteiger partial charge in [0.25, 0.3) is 0 Å². The van der Waals surface area contributed by atoms with Crippen LogP contribution in [0.5, 0.6) is 0 Å². The van der Waals surface area contributed by atoms with Gasteiger partial charge in [-0.3, -0.25) is 0 Å². The molecule has 0 bridgehead atoms. The van der Waals surface area contributed by atoms with Gasteiger partial charge < -0.3 is 14.5 Å². The lowest BCUT2D eigenvalue weighted by atomic mass is 9.89. The Hall–Kier alpha value is -1.20. The molecule has 5 nitrogen and oxygen atoms in total. The van der Waals surface area contributed by atoms with Crippen molar-refractivity contribution in [2.45, 2.75) is 44.6 Å². The van der Waals surface area contributed by atoms with Crippen molar-refractivity contribution >= 4 is 5.95 Å². The second-order valence-corrected chi connectivity index (χ2v) is 7.14. The fraction of sp³-hybridized carbons (Fsp3) is 0.765. The molecule has 22 heavy (non-hydrogen) atoms. The number of likely N-dealkylation sites (N-methyl/N-ethyl adjacent to an activating group) is 1. The Morgan fingerprint density at radius 3 is 2.68 bits per heavy atom. The molecule has 0 radical (unpaired) electrons. The maximum absolute atomic E-state index is 6.15. The van der Waals surface area contributed by atoms with E-state index in [4.69, 9.17) is 14.7 Å².